The van der Waals surface area contributed by atoms with Gasteiger partial charge in [-0.2, -0.15) is 0 Å². The fraction of sp³-hybridized carbons (Fsp3) is 0.342. The van der Waals surface area contributed by atoms with Gasteiger partial charge in [0.25, 0.3) is 5.91 Å². The maximum absolute atomic E-state index is 15.6. The molecular formula is C38H38Cl2FN7O4. The van der Waals surface area contributed by atoms with Crippen LogP contribution in [0.4, 0.5) is 4.39 Å². The lowest BCUT2D eigenvalue weighted by Gasteiger charge is -2.17. The van der Waals surface area contributed by atoms with Crippen LogP contribution in [0.25, 0.3) is 33.6 Å². The molecule has 7 rings (SSSR count). The lowest BCUT2D eigenvalue weighted by molar-refractivity contribution is -0.120. The van der Waals surface area contributed by atoms with Crippen molar-refractivity contribution < 1.29 is 23.5 Å². The summed E-state index contributed by atoms with van der Waals surface area (Å²) in [6.07, 6.45) is 4.26. The number of hydrogen-bond donors (Lipinski definition) is 4. The number of rotatable bonds is 13. The number of halogens is 3. The van der Waals surface area contributed by atoms with Gasteiger partial charge in [0.05, 0.1) is 34.1 Å². The number of aromatic nitrogens is 2. The molecule has 4 N–H and O–H groups in total. The van der Waals surface area contributed by atoms with E-state index >= 15 is 4.39 Å². The number of pyridine rings is 2. The van der Waals surface area contributed by atoms with Crippen molar-refractivity contribution in [3.8, 4) is 39.5 Å². The maximum atomic E-state index is 15.6. The first-order valence-electron chi connectivity index (χ1n) is 17.3. The third kappa shape index (κ3) is 7.47. The summed E-state index contributed by atoms with van der Waals surface area (Å²) in [6, 6.07) is 14.2. The summed E-state index contributed by atoms with van der Waals surface area (Å²) in [5.74, 6) is -0.294. The van der Waals surface area contributed by atoms with Crippen LogP contribution in [0.5, 0.6) is 5.88 Å². The van der Waals surface area contributed by atoms with Crippen molar-refractivity contribution in [1.29, 1.82) is 0 Å². The van der Waals surface area contributed by atoms with Gasteiger partial charge in [-0.25, -0.2) is 9.37 Å². The Morgan fingerprint density at radius 2 is 1.62 bits per heavy atom. The highest BCUT2D eigenvalue weighted by Crippen LogP contribution is 2.42. The van der Waals surface area contributed by atoms with Gasteiger partial charge < -0.3 is 30.9 Å². The molecule has 3 amide bonds. The van der Waals surface area contributed by atoms with Gasteiger partial charge in [0, 0.05) is 104 Å². The largest absolute Gasteiger partial charge is 0.481 e. The van der Waals surface area contributed by atoms with Crippen LogP contribution in [0.1, 0.15) is 47.2 Å². The first-order valence-corrected chi connectivity index (χ1v) is 18.1. The van der Waals surface area contributed by atoms with E-state index in [9.17, 15) is 14.4 Å². The van der Waals surface area contributed by atoms with E-state index in [4.69, 9.17) is 27.9 Å². The number of nitrogens with zero attached hydrogens (tertiary/aromatic N) is 3. The number of amides is 3. The molecule has 2 atom stereocenters. The number of fused-ring (bicyclic) bond motifs is 1. The number of carbonyl (C=O) groups excluding carboxylic acids is 3. The number of nitrogens with one attached hydrogen (secondary N) is 4. The lowest BCUT2D eigenvalue weighted by Crippen LogP contribution is -2.39. The highest BCUT2D eigenvalue weighted by Gasteiger charge is 2.28. The predicted molar refractivity (Wildman–Crippen MR) is 197 cm³/mol. The van der Waals surface area contributed by atoms with Gasteiger partial charge in [-0.1, -0.05) is 47.5 Å². The van der Waals surface area contributed by atoms with Crippen LogP contribution in [0.15, 0.2) is 54.7 Å². The van der Waals surface area contributed by atoms with Crippen molar-refractivity contribution in [2.75, 3.05) is 33.3 Å². The molecule has 2 fully saturated rings. The van der Waals surface area contributed by atoms with Crippen LogP contribution in [-0.4, -0.2) is 78.0 Å². The summed E-state index contributed by atoms with van der Waals surface area (Å²) in [4.78, 5) is 47.1. The molecule has 0 aliphatic carbocycles. The summed E-state index contributed by atoms with van der Waals surface area (Å²) >= 11 is 14.1. The molecule has 4 aromatic rings. The van der Waals surface area contributed by atoms with Crippen LogP contribution in [0.2, 0.25) is 10.0 Å². The molecule has 14 heteroatoms. The molecule has 2 aromatic heterocycles. The monoisotopic (exact) mass is 745 g/mol. The van der Waals surface area contributed by atoms with Gasteiger partial charge in [-0.05, 0) is 36.6 Å². The van der Waals surface area contributed by atoms with Gasteiger partial charge >= 0.3 is 0 Å². The maximum Gasteiger partial charge on any atom is 0.254 e. The van der Waals surface area contributed by atoms with Crippen molar-refractivity contribution in [1.82, 2.24) is 36.1 Å². The fourth-order valence-electron chi connectivity index (χ4n) is 7.01. The summed E-state index contributed by atoms with van der Waals surface area (Å²) in [7, 11) is 1.44. The van der Waals surface area contributed by atoms with Crippen LogP contribution < -0.4 is 26.0 Å². The number of hydrogen-bond acceptors (Lipinski definition) is 8. The van der Waals surface area contributed by atoms with Crippen LogP contribution in [0.3, 0.4) is 0 Å². The topological polar surface area (TPSA) is 138 Å². The van der Waals surface area contributed by atoms with E-state index in [1.165, 1.54) is 13.2 Å². The normalized spacial score (nSPS) is 18.2. The number of benzene rings is 2. The highest BCUT2D eigenvalue weighted by atomic mass is 35.5. The van der Waals surface area contributed by atoms with Gasteiger partial charge in [-0.3, -0.25) is 19.4 Å². The molecule has 11 nitrogen and oxygen atoms in total. The lowest BCUT2D eigenvalue weighted by atomic mass is 9.98. The average molecular weight is 747 g/mol. The van der Waals surface area contributed by atoms with E-state index < -0.39 is 5.82 Å². The second-order valence-corrected chi connectivity index (χ2v) is 14.0. The molecule has 3 aliphatic heterocycles. The Morgan fingerprint density at radius 3 is 2.33 bits per heavy atom. The molecule has 270 valence electrons. The van der Waals surface area contributed by atoms with Crippen molar-refractivity contribution in [2.45, 2.75) is 50.9 Å². The minimum Gasteiger partial charge on any atom is -0.481 e. The summed E-state index contributed by atoms with van der Waals surface area (Å²) in [5.41, 5.74) is 5.15. The van der Waals surface area contributed by atoms with Crippen molar-refractivity contribution in [2.24, 2.45) is 0 Å². The molecule has 0 saturated carbocycles. The predicted octanol–water partition coefficient (Wildman–Crippen LogP) is 5.12. The third-order valence-corrected chi connectivity index (χ3v) is 10.5. The van der Waals surface area contributed by atoms with E-state index in [0.717, 1.165) is 24.0 Å². The van der Waals surface area contributed by atoms with Gasteiger partial charge in [-0.15, -0.1) is 0 Å². The zero-order valence-electron chi connectivity index (χ0n) is 28.5. The summed E-state index contributed by atoms with van der Waals surface area (Å²) < 4.78 is 21.0. The zero-order valence-corrected chi connectivity index (χ0v) is 30.0. The van der Waals surface area contributed by atoms with Crippen molar-refractivity contribution in [3.05, 3.63) is 87.3 Å². The van der Waals surface area contributed by atoms with Crippen molar-refractivity contribution >= 4 is 40.9 Å². The van der Waals surface area contributed by atoms with Crippen LogP contribution in [-0.2, 0) is 22.7 Å². The summed E-state index contributed by atoms with van der Waals surface area (Å²) in [5, 5.41) is 13.1. The molecule has 2 unspecified atom stereocenters. The highest BCUT2D eigenvalue weighted by molar-refractivity contribution is 6.39. The van der Waals surface area contributed by atoms with Crippen LogP contribution >= 0.6 is 23.2 Å². The number of ether oxygens (including phenoxy) is 1. The Labute approximate surface area is 310 Å². The molecule has 3 aliphatic rings. The van der Waals surface area contributed by atoms with E-state index in [-0.39, 0.29) is 47.8 Å². The Hall–Kier alpha value is -4.62. The molecule has 2 saturated heterocycles. The van der Waals surface area contributed by atoms with Gasteiger partial charge in [0.15, 0.2) is 0 Å². The minimum absolute atomic E-state index is 0.00552. The smallest absolute Gasteiger partial charge is 0.254 e. The van der Waals surface area contributed by atoms with Crippen LogP contribution in [0, 0.1) is 5.82 Å². The zero-order chi connectivity index (χ0) is 36.4. The molecule has 52 heavy (non-hydrogen) atoms. The first-order chi connectivity index (χ1) is 25.2. The van der Waals surface area contributed by atoms with Gasteiger partial charge in [0.1, 0.15) is 5.82 Å². The van der Waals surface area contributed by atoms with E-state index in [2.05, 4.69) is 31.2 Å². The molecule has 0 spiro atoms. The number of methoxy groups -OCH3 is 1. The standard InChI is InChI=1S/C38H38Cl2FN7O4/c1-52-37-29(19-43-18-24-7-10-33(50)46-24)30(41)16-31(47-37)28-4-2-3-26(34(28)39)27-11-12-44-36(35(27)40)21-5-8-25-22(15-21)20-48(38(25)51)14-13-42-17-23-6-9-32(49)45-23/h2-5,8,11-12,15-16,23-24,42-43H,6-7,9-10,13-14,17-20H2,1H3,(H,45,49)(H,46,50). The van der Waals surface area contributed by atoms with E-state index in [1.807, 2.05) is 24.3 Å². The van der Waals surface area contributed by atoms with Crippen molar-refractivity contribution in [3.63, 3.8) is 0 Å². The molecule has 5 heterocycles. The van der Waals surface area contributed by atoms with E-state index in [0.29, 0.717) is 89.3 Å². The SMILES string of the molecule is COc1nc(-c2cccc(-c3ccnc(-c4ccc5c(c4)CN(CCNCC4CCC(=O)N4)C5=O)c3Cl)c2Cl)cc(F)c1CNCC1CCC(=O)N1. The first kappa shape index (κ1) is 35.8. The second-order valence-electron chi connectivity index (χ2n) is 13.2. The second kappa shape index (κ2) is 15.5. The average Bonchev–Trinajstić information content (AvgIpc) is 3.84. The minimum atomic E-state index is -0.500. The summed E-state index contributed by atoms with van der Waals surface area (Å²) in [6.45, 7) is 2.98. The molecular weight excluding hydrogens is 708 g/mol. The van der Waals surface area contributed by atoms with E-state index in [1.54, 1.807) is 29.3 Å². The molecule has 0 bridgehead atoms. The quantitative estimate of drug-likeness (QED) is 0.139. The fourth-order valence-corrected chi connectivity index (χ4v) is 7.65. The Kier molecular flexibility index (Phi) is 10.7. The third-order valence-electron chi connectivity index (χ3n) is 9.75. The Bertz CT molecular complexity index is 2050. The van der Waals surface area contributed by atoms with Gasteiger partial charge in [0.2, 0.25) is 17.7 Å². The molecule has 0 radical (unpaired) electrons. The molecule has 2 aromatic carbocycles. The number of carbonyl (C=O) groups is 3. The Morgan fingerprint density at radius 1 is 0.904 bits per heavy atom. The Balaban J connectivity index is 1.07.